The number of benzene rings is 1. The maximum atomic E-state index is 5.49. The second-order valence-electron chi connectivity index (χ2n) is 6.42. The first-order valence-corrected chi connectivity index (χ1v) is 9.87. The van der Waals surface area contributed by atoms with Gasteiger partial charge in [0.25, 0.3) is 0 Å². The first-order chi connectivity index (χ1) is 13.2. The Hall–Kier alpha value is -2.57. The normalized spacial score (nSPS) is 10.5. The Morgan fingerprint density at radius 2 is 1.63 bits per heavy atom. The molecule has 2 N–H and O–H groups in total. The lowest BCUT2D eigenvalue weighted by atomic mass is 10.3. The van der Waals surface area contributed by atoms with E-state index in [1.165, 1.54) is 0 Å². The molecule has 0 aliphatic carbocycles. The van der Waals surface area contributed by atoms with Crippen LogP contribution in [0.25, 0.3) is 0 Å². The zero-order chi connectivity index (χ0) is 19.5. The van der Waals surface area contributed by atoms with E-state index in [9.17, 15) is 0 Å². The molecule has 2 rings (SSSR count). The summed E-state index contributed by atoms with van der Waals surface area (Å²) in [7, 11) is 2.02. The third-order valence-electron chi connectivity index (χ3n) is 4.05. The van der Waals surface area contributed by atoms with Crippen LogP contribution in [-0.2, 0) is 0 Å². The predicted molar refractivity (Wildman–Crippen MR) is 112 cm³/mol. The largest absolute Gasteiger partial charge is 0.494 e. The third-order valence-corrected chi connectivity index (χ3v) is 4.05. The molecule has 27 heavy (non-hydrogen) atoms. The van der Waals surface area contributed by atoms with Gasteiger partial charge < -0.3 is 20.3 Å². The minimum Gasteiger partial charge on any atom is -0.494 e. The molecule has 0 spiro atoms. The summed E-state index contributed by atoms with van der Waals surface area (Å²) in [6, 6.07) is 7.78. The molecule has 0 bridgehead atoms. The van der Waals surface area contributed by atoms with Crippen molar-refractivity contribution >= 4 is 23.5 Å². The van der Waals surface area contributed by atoms with Crippen molar-refractivity contribution in [2.24, 2.45) is 0 Å². The summed E-state index contributed by atoms with van der Waals surface area (Å²) >= 11 is 0. The van der Waals surface area contributed by atoms with E-state index in [0.29, 0.717) is 24.5 Å². The molecule has 0 aliphatic heterocycles. The third kappa shape index (κ3) is 6.92. The number of nitrogens with zero attached hydrogens (tertiary/aromatic N) is 4. The van der Waals surface area contributed by atoms with Crippen LogP contribution in [0.5, 0.6) is 5.75 Å². The fourth-order valence-electron chi connectivity index (χ4n) is 2.47. The van der Waals surface area contributed by atoms with Crippen molar-refractivity contribution in [1.29, 1.82) is 0 Å². The summed E-state index contributed by atoms with van der Waals surface area (Å²) < 4.78 is 5.49. The molecule has 1 aromatic carbocycles. The van der Waals surface area contributed by atoms with Gasteiger partial charge >= 0.3 is 0 Å². The van der Waals surface area contributed by atoms with E-state index in [4.69, 9.17) is 4.74 Å². The van der Waals surface area contributed by atoms with Crippen molar-refractivity contribution in [3.63, 3.8) is 0 Å². The van der Waals surface area contributed by atoms with E-state index in [-0.39, 0.29) is 0 Å². The van der Waals surface area contributed by atoms with E-state index >= 15 is 0 Å². The topological polar surface area (TPSA) is 75.2 Å². The molecule has 0 radical (unpaired) electrons. The number of aromatic nitrogens is 3. The highest BCUT2D eigenvalue weighted by Gasteiger charge is 2.10. The fraction of sp³-hybridized carbons (Fsp3) is 0.550. The standard InChI is InChI=1S/C20H32N6O/c1-5-8-14-21-18-23-19(25-20(24-18)26(4)15-9-6-2)22-16-10-12-17(13-11-16)27-7-3/h10-13H,5-9,14-15H2,1-4H3,(H2,21,22,23,24,25). The van der Waals surface area contributed by atoms with E-state index in [1.807, 2.05) is 38.2 Å². The highest BCUT2D eigenvalue weighted by Crippen LogP contribution is 2.20. The Balaban J connectivity index is 2.17. The second-order valence-corrected chi connectivity index (χ2v) is 6.42. The van der Waals surface area contributed by atoms with Crippen molar-refractivity contribution < 1.29 is 4.74 Å². The highest BCUT2D eigenvalue weighted by atomic mass is 16.5. The summed E-state index contributed by atoms with van der Waals surface area (Å²) in [4.78, 5) is 15.7. The van der Waals surface area contributed by atoms with Gasteiger partial charge in [0.05, 0.1) is 6.61 Å². The van der Waals surface area contributed by atoms with Crippen LogP contribution in [0.4, 0.5) is 23.5 Å². The molecule has 148 valence electrons. The summed E-state index contributed by atoms with van der Waals surface area (Å²) in [5.74, 6) is 2.66. The number of unbranched alkanes of at least 4 members (excludes halogenated alkanes) is 2. The minimum absolute atomic E-state index is 0.534. The number of anilines is 4. The first-order valence-electron chi connectivity index (χ1n) is 9.87. The quantitative estimate of drug-likeness (QED) is 0.533. The first kappa shape index (κ1) is 20.7. The van der Waals surface area contributed by atoms with Crippen molar-refractivity contribution in [3.8, 4) is 5.75 Å². The molecule has 2 aromatic rings. The zero-order valence-electron chi connectivity index (χ0n) is 17.0. The minimum atomic E-state index is 0.534. The van der Waals surface area contributed by atoms with Gasteiger partial charge in [-0.15, -0.1) is 0 Å². The SMILES string of the molecule is CCCCNc1nc(Nc2ccc(OCC)cc2)nc(N(C)CCCC)n1. The smallest absolute Gasteiger partial charge is 0.233 e. The number of rotatable bonds is 12. The number of hydrogen-bond donors (Lipinski definition) is 2. The van der Waals surface area contributed by atoms with Crippen LogP contribution in [0, 0.1) is 0 Å². The van der Waals surface area contributed by atoms with E-state index in [1.54, 1.807) is 0 Å². The molecule has 0 saturated heterocycles. The summed E-state index contributed by atoms with van der Waals surface area (Å²) in [5.41, 5.74) is 0.909. The Morgan fingerprint density at radius 3 is 2.30 bits per heavy atom. The number of nitrogens with one attached hydrogen (secondary N) is 2. The average molecular weight is 373 g/mol. The molecule has 0 aliphatic rings. The molecule has 0 atom stereocenters. The fourth-order valence-corrected chi connectivity index (χ4v) is 2.47. The highest BCUT2D eigenvalue weighted by molar-refractivity contribution is 5.56. The molecule has 0 unspecified atom stereocenters. The van der Waals surface area contributed by atoms with E-state index < -0.39 is 0 Å². The monoisotopic (exact) mass is 372 g/mol. The van der Waals surface area contributed by atoms with Gasteiger partial charge in [0.1, 0.15) is 5.75 Å². The van der Waals surface area contributed by atoms with Crippen LogP contribution >= 0.6 is 0 Å². The lowest BCUT2D eigenvalue weighted by Gasteiger charge is -2.18. The maximum absolute atomic E-state index is 5.49. The van der Waals surface area contributed by atoms with Crippen LogP contribution in [0.2, 0.25) is 0 Å². The average Bonchev–Trinajstić information content (AvgIpc) is 2.68. The van der Waals surface area contributed by atoms with Crippen LogP contribution in [0.15, 0.2) is 24.3 Å². The van der Waals surface area contributed by atoms with Crippen molar-refractivity contribution in [2.75, 3.05) is 42.3 Å². The van der Waals surface area contributed by atoms with Crippen molar-refractivity contribution in [1.82, 2.24) is 15.0 Å². The van der Waals surface area contributed by atoms with Gasteiger partial charge in [-0.2, -0.15) is 15.0 Å². The van der Waals surface area contributed by atoms with Gasteiger partial charge in [-0.05, 0) is 44.0 Å². The number of ether oxygens (including phenoxy) is 1. The van der Waals surface area contributed by atoms with Crippen LogP contribution < -0.4 is 20.3 Å². The van der Waals surface area contributed by atoms with Gasteiger partial charge in [-0.25, -0.2) is 0 Å². The van der Waals surface area contributed by atoms with Gasteiger partial charge in [-0.3, -0.25) is 0 Å². The Morgan fingerprint density at radius 1 is 0.926 bits per heavy atom. The van der Waals surface area contributed by atoms with Gasteiger partial charge in [0, 0.05) is 25.8 Å². The van der Waals surface area contributed by atoms with Crippen LogP contribution in [0.3, 0.4) is 0 Å². The van der Waals surface area contributed by atoms with Crippen LogP contribution in [0.1, 0.15) is 46.5 Å². The maximum Gasteiger partial charge on any atom is 0.233 e. The lowest BCUT2D eigenvalue weighted by molar-refractivity contribution is 0.340. The Kier molecular flexibility index (Phi) is 8.61. The molecular weight excluding hydrogens is 340 g/mol. The molecule has 0 saturated carbocycles. The van der Waals surface area contributed by atoms with Crippen LogP contribution in [-0.4, -0.2) is 41.7 Å². The van der Waals surface area contributed by atoms with E-state index in [0.717, 1.165) is 50.2 Å². The Bertz CT molecular complexity index is 677. The van der Waals surface area contributed by atoms with E-state index in [2.05, 4.69) is 44.3 Å². The summed E-state index contributed by atoms with van der Waals surface area (Å²) in [6.45, 7) is 8.73. The van der Waals surface area contributed by atoms with Gasteiger partial charge in [0.2, 0.25) is 17.8 Å². The molecule has 1 aromatic heterocycles. The Labute approximate surface area is 162 Å². The van der Waals surface area contributed by atoms with Gasteiger partial charge in [0.15, 0.2) is 0 Å². The lowest BCUT2D eigenvalue weighted by Crippen LogP contribution is -2.22. The molecule has 0 amide bonds. The molecular formula is C20H32N6O. The summed E-state index contributed by atoms with van der Waals surface area (Å²) in [5, 5.41) is 6.57. The predicted octanol–water partition coefficient (Wildman–Crippen LogP) is 4.46. The summed E-state index contributed by atoms with van der Waals surface area (Å²) in [6.07, 6.45) is 4.43. The molecule has 0 fully saturated rings. The molecule has 1 heterocycles. The molecule has 7 heteroatoms. The second kappa shape index (κ2) is 11.2. The number of hydrogen-bond acceptors (Lipinski definition) is 7. The molecule has 7 nitrogen and oxygen atoms in total. The van der Waals surface area contributed by atoms with Crippen molar-refractivity contribution in [2.45, 2.75) is 46.5 Å². The zero-order valence-corrected chi connectivity index (χ0v) is 17.0. The van der Waals surface area contributed by atoms with Gasteiger partial charge in [-0.1, -0.05) is 26.7 Å². The van der Waals surface area contributed by atoms with Crippen molar-refractivity contribution in [3.05, 3.63) is 24.3 Å².